The van der Waals surface area contributed by atoms with Gasteiger partial charge in [-0.05, 0) is 31.1 Å². The molecule has 1 aromatic carbocycles. The van der Waals surface area contributed by atoms with Crippen LogP contribution >= 0.6 is 0 Å². The number of hydrogen-bond acceptors (Lipinski definition) is 3. The average molecular weight is 242 g/mol. The third kappa shape index (κ3) is 3.36. The molecule has 5 heteroatoms. The molecule has 0 bridgehead atoms. The smallest absolute Gasteiger partial charge is 0.294 e. The van der Waals surface area contributed by atoms with E-state index in [-0.39, 0.29) is 4.90 Å². The summed E-state index contributed by atoms with van der Waals surface area (Å²) in [6, 6.07) is 4.21. The Morgan fingerprint density at radius 2 is 2.12 bits per heavy atom. The van der Waals surface area contributed by atoms with Gasteiger partial charge in [0.15, 0.2) is 0 Å². The van der Waals surface area contributed by atoms with Gasteiger partial charge < -0.3 is 4.74 Å². The second-order valence-corrected chi connectivity index (χ2v) is 5.07. The highest BCUT2D eigenvalue weighted by molar-refractivity contribution is 7.85. The van der Waals surface area contributed by atoms with E-state index < -0.39 is 10.1 Å². The first-order valence-electron chi connectivity index (χ1n) is 4.66. The molecule has 0 saturated carbocycles. The van der Waals surface area contributed by atoms with Crippen LogP contribution in [0.25, 0.3) is 0 Å². The van der Waals surface area contributed by atoms with Crippen molar-refractivity contribution in [3.05, 3.63) is 35.9 Å². The van der Waals surface area contributed by atoms with E-state index in [9.17, 15) is 8.42 Å². The lowest BCUT2D eigenvalue weighted by Crippen LogP contribution is -2.02. The lowest BCUT2D eigenvalue weighted by atomic mass is 10.2. The van der Waals surface area contributed by atoms with E-state index in [1.807, 2.05) is 6.92 Å². The van der Waals surface area contributed by atoms with Gasteiger partial charge in [0.25, 0.3) is 10.1 Å². The van der Waals surface area contributed by atoms with Gasteiger partial charge in [-0.3, -0.25) is 4.55 Å². The van der Waals surface area contributed by atoms with E-state index >= 15 is 0 Å². The van der Waals surface area contributed by atoms with E-state index in [1.54, 1.807) is 13.0 Å². The van der Waals surface area contributed by atoms with Gasteiger partial charge in [0.2, 0.25) is 0 Å². The predicted molar refractivity (Wildman–Crippen MR) is 61.3 cm³/mol. The molecule has 0 amide bonds. The van der Waals surface area contributed by atoms with Crippen molar-refractivity contribution in [2.75, 3.05) is 6.61 Å². The fraction of sp³-hybridized carbons (Fsp3) is 0.273. The number of rotatable bonds is 4. The zero-order chi connectivity index (χ0) is 12.3. The Morgan fingerprint density at radius 1 is 1.50 bits per heavy atom. The molecule has 16 heavy (non-hydrogen) atoms. The SMILES string of the molecule is C=C(C)COc1cc(S(=O)(=O)O)ccc1C. The largest absolute Gasteiger partial charge is 0.489 e. The second-order valence-electron chi connectivity index (χ2n) is 3.65. The maximum atomic E-state index is 10.9. The first-order chi connectivity index (χ1) is 7.30. The zero-order valence-electron chi connectivity index (χ0n) is 9.23. The first-order valence-corrected chi connectivity index (χ1v) is 6.10. The summed E-state index contributed by atoms with van der Waals surface area (Å²) in [5.41, 5.74) is 1.63. The van der Waals surface area contributed by atoms with E-state index in [0.717, 1.165) is 11.1 Å². The van der Waals surface area contributed by atoms with Crippen LogP contribution in [0.2, 0.25) is 0 Å². The Kier molecular flexibility index (Phi) is 3.72. The molecule has 0 aromatic heterocycles. The van der Waals surface area contributed by atoms with E-state index in [1.165, 1.54) is 12.1 Å². The maximum absolute atomic E-state index is 10.9. The summed E-state index contributed by atoms with van der Waals surface area (Å²) in [4.78, 5) is -0.171. The average Bonchev–Trinajstić information content (AvgIpc) is 2.14. The molecule has 88 valence electrons. The number of ether oxygens (including phenoxy) is 1. The molecule has 0 radical (unpaired) electrons. The van der Waals surface area contributed by atoms with Crippen molar-refractivity contribution in [1.29, 1.82) is 0 Å². The second kappa shape index (κ2) is 4.67. The van der Waals surface area contributed by atoms with Crippen LogP contribution in [0.3, 0.4) is 0 Å². The Bertz CT molecular complexity index is 503. The summed E-state index contributed by atoms with van der Waals surface area (Å²) in [6.07, 6.45) is 0. The van der Waals surface area contributed by atoms with Gasteiger partial charge in [0.05, 0.1) is 4.90 Å². The molecule has 0 aliphatic heterocycles. The van der Waals surface area contributed by atoms with Crippen LogP contribution in [0, 0.1) is 6.92 Å². The molecule has 0 fully saturated rings. The highest BCUT2D eigenvalue weighted by Gasteiger charge is 2.11. The molecular formula is C11H14O4S. The fourth-order valence-corrected chi connectivity index (χ4v) is 1.59. The third-order valence-corrected chi connectivity index (χ3v) is 2.78. The molecule has 0 atom stereocenters. The van der Waals surface area contributed by atoms with Crippen molar-refractivity contribution in [3.8, 4) is 5.75 Å². The summed E-state index contributed by atoms with van der Waals surface area (Å²) in [7, 11) is -4.18. The van der Waals surface area contributed by atoms with Gasteiger partial charge in [-0.2, -0.15) is 8.42 Å². The lowest BCUT2D eigenvalue weighted by molar-refractivity contribution is 0.349. The van der Waals surface area contributed by atoms with Gasteiger partial charge in [0, 0.05) is 6.07 Å². The van der Waals surface area contributed by atoms with Gasteiger partial charge in [0.1, 0.15) is 12.4 Å². The standard InChI is InChI=1S/C11H14O4S/c1-8(2)7-15-11-6-10(16(12,13)14)5-4-9(11)3/h4-6H,1,7H2,2-3H3,(H,12,13,14). The summed E-state index contributed by atoms with van der Waals surface area (Å²) in [6.45, 7) is 7.59. The van der Waals surface area contributed by atoms with Gasteiger partial charge in [-0.25, -0.2) is 0 Å². The van der Waals surface area contributed by atoms with Crippen molar-refractivity contribution in [1.82, 2.24) is 0 Å². The highest BCUT2D eigenvalue weighted by Crippen LogP contribution is 2.22. The minimum absolute atomic E-state index is 0.171. The number of hydrogen-bond donors (Lipinski definition) is 1. The molecule has 1 aromatic rings. The normalized spacial score (nSPS) is 11.2. The van der Waals surface area contributed by atoms with Crippen molar-refractivity contribution in [2.24, 2.45) is 0 Å². The molecule has 4 nitrogen and oxygen atoms in total. The first kappa shape index (κ1) is 12.7. The minimum Gasteiger partial charge on any atom is -0.489 e. The van der Waals surface area contributed by atoms with Crippen LogP contribution in [0.15, 0.2) is 35.2 Å². The molecule has 0 aliphatic carbocycles. The fourth-order valence-electron chi connectivity index (χ4n) is 1.10. The summed E-state index contributed by atoms with van der Waals surface area (Å²) in [5.74, 6) is 0.429. The third-order valence-electron chi connectivity index (χ3n) is 1.93. The molecule has 0 aliphatic rings. The molecule has 0 heterocycles. The summed E-state index contributed by atoms with van der Waals surface area (Å²) < 4.78 is 36.1. The summed E-state index contributed by atoms with van der Waals surface area (Å²) >= 11 is 0. The zero-order valence-corrected chi connectivity index (χ0v) is 10.0. The van der Waals surface area contributed by atoms with Crippen LogP contribution in [-0.4, -0.2) is 19.6 Å². The summed E-state index contributed by atoms with van der Waals surface area (Å²) in [5, 5.41) is 0. The van der Waals surface area contributed by atoms with Gasteiger partial charge in [-0.1, -0.05) is 12.6 Å². The maximum Gasteiger partial charge on any atom is 0.294 e. The van der Waals surface area contributed by atoms with E-state index in [2.05, 4.69) is 6.58 Å². The Hall–Kier alpha value is -1.33. The quantitative estimate of drug-likeness (QED) is 0.649. The Morgan fingerprint density at radius 3 is 2.62 bits per heavy atom. The Labute approximate surface area is 95.3 Å². The highest BCUT2D eigenvalue weighted by atomic mass is 32.2. The van der Waals surface area contributed by atoms with Gasteiger partial charge >= 0.3 is 0 Å². The van der Waals surface area contributed by atoms with E-state index in [0.29, 0.717) is 12.4 Å². The van der Waals surface area contributed by atoms with Crippen LogP contribution in [-0.2, 0) is 10.1 Å². The van der Waals surface area contributed by atoms with Crippen LogP contribution in [0.4, 0.5) is 0 Å². The number of benzene rings is 1. The van der Waals surface area contributed by atoms with Gasteiger partial charge in [-0.15, -0.1) is 0 Å². The molecule has 0 spiro atoms. The van der Waals surface area contributed by atoms with Crippen molar-refractivity contribution in [2.45, 2.75) is 18.7 Å². The van der Waals surface area contributed by atoms with Crippen molar-refractivity contribution in [3.63, 3.8) is 0 Å². The lowest BCUT2D eigenvalue weighted by Gasteiger charge is -2.09. The van der Waals surface area contributed by atoms with Crippen LogP contribution < -0.4 is 4.74 Å². The van der Waals surface area contributed by atoms with Crippen LogP contribution in [0.5, 0.6) is 5.75 Å². The minimum atomic E-state index is -4.18. The monoisotopic (exact) mass is 242 g/mol. The molecule has 1 N–H and O–H groups in total. The topological polar surface area (TPSA) is 63.6 Å². The van der Waals surface area contributed by atoms with Crippen LogP contribution in [0.1, 0.15) is 12.5 Å². The van der Waals surface area contributed by atoms with E-state index in [4.69, 9.17) is 9.29 Å². The van der Waals surface area contributed by atoms with Crippen molar-refractivity contribution >= 4 is 10.1 Å². The number of aryl methyl sites for hydroxylation is 1. The molecular weight excluding hydrogens is 228 g/mol. The molecule has 1 rings (SSSR count). The predicted octanol–water partition coefficient (Wildman–Crippen LogP) is 2.20. The molecule has 0 saturated heterocycles. The Balaban J connectivity index is 3.04. The van der Waals surface area contributed by atoms with Crippen molar-refractivity contribution < 1.29 is 17.7 Å². The molecule has 0 unspecified atom stereocenters.